The van der Waals surface area contributed by atoms with E-state index in [1.54, 1.807) is 31.4 Å². The highest BCUT2D eigenvalue weighted by Gasteiger charge is 1.97. The van der Waals surface area contributed by atoms with Crippen LogP contribution in [0.15, 0.2) is 48.5 Å². The zero-order valence-electron chi connectivity index (χ0n) is 11.4. The van der Waals surface area contributed by atoms with Gasteiger partial charge in [-0.15, -0.1) is 0 Å². The summed E-state index contributed by atoms with van der Waals surface area (Å²) in [5, 5.41) is 9.14. The zero-order chi connectivity index (χ0) is 14.2. The lowest BCUT2D eigenvalue weighted by Gasteiger charge is -2.08. The molecule has 0 aliphatic rings. The zero-order valence-corrected chi connectivity index (χ0v) is 11.4. The number of benzene rings is 2. The first-order valence-electron chi connectivity index (χ1n) is 6.40. The minimum absolute atomic E-state index is 0.230. The smallest absolute Gasteiger partial charge is 0.119 e. The largest absolute Gasteiger partial charge is 0.508 e. The number of hydrogen-bond acceptors (Lipinski definition) is 4. The maximum Gasteiger partial charge on any atom is 0.119 e. The summed E-state index contributed by atoms with van der Waals surface area (Å²) in [5.41, 5.74) is 1.09. The van der Waals surface area contributed by atoms with Gasteiger partial charge in [-0.25, -0.2) is 0 Å². The Morgan fingerprint density at radius 1 is 0.850 bits per heavy atom. The predicted molar refractivity (Wildman–Crippen MR) is 76.3 cm³/mol. The summed E-state index contributed by atoms with van der Waals surface area (Å²) in [7, 11) is 1.65. The van der Waals surface area contributed by atoms with E-state index in [1.807, 2.05) is 24.3 Å². The van der Waals surface area contributed by atoms with Gasteiger partial charge in [-0.3, -0.25) is 0 Å². The minimum atomic E-state index is 0.230. The molecule has 0 atom stereocenters. The molecular weight excluding hydrogens is 256 g/mol. The third-order valence-corrected chi connectivity index (χ3v) is 2.76. The summed E-state index contributed by atoms with van der Waals surface area (Å²) in [6, 6.07) is 14.4. The normalized spacial score (nSPS) is 10.2. The van der Waals surface area contributed by atoms with E-state index in [1.165, 1.54) is 0 Å². The van der Waals surface area contributed by atoms with E-state index in [4.69, 9.17) is 19.3 Å². The van der Waals surface area contributed by atoms with Crippen molar-refractivity contribution >= 4 is 0 Å². The van der Waals surface area contributed by atoms with Crippen molar-refractivity contribution < 1.29 is 19.3 Å². The van der Waals surface area contributed by atoms with Gasteiger partial charge in [0.1, 0.15) is 23.9 Å². The molecule has 4 heteroatoms. The summed E-state index contributed by atoms with van der Waals surface area (Å²) < 4.78 is 16.1. The van der Waals surface area contributed by atoms with Crippen LogP contribution in [-0.4, -0.2) is 25.4 Å². The Morgan fingerprint density at radius 3 is 2.15 bits per heavy atom. The molecule has 0 bridgehead atoms. The lowest BCUT2D eigenvalue weighted by Crippen LogP contribution is -2.06. The SMILES string of the molecule is COc1ccc(COCCOc2ccc(O)cc2)cc1. The van der Waals surface area contributed by atoms with Crippen molar-refractivity contribution in [3.05, 3.63) is 54.1 Å². The van der Waals surface area contributed by atoms with E-state index >= 15 is 0 Å². The van der Waals surface area contributed by atoms with Crippen LogP contribution in [0.2, 0.25) is 0 Å². The molecule has 2 rings (SSSR count). The molecule has 0 aliphatic carbocycles. The Kier molecular flexibility index (Phi) is 5.26. The van der Waals surface area contributed by atoms with E-state index in [9.17, 15) is 0 Å². The van der Waals surface area contributed by atoms with Crippen LogP contribution in [-0.2, 0) is 11.3 Å². The van der Waals surface area contributed by atoms with Crippen LogP contribution in [0.1, 0.15) is 5.56 Å². The monoisotopic (exact) mass is 274 g/mol. The van der Waals surface area contributed by atoms with Gasteiger partial charge in [0.15, 0.2) is 0 Å². The van der Waals surface area contributed by atoms with Gasteiger partial charge in [-0.05, 0) is 42.0 Å². The first kappa shape index (κ1) is 14.2. The lowest BCUT2D eigenvalue weighted by atomic mass is 10.2. The molecule has 0 aliphatic heterocycles. The summed E-state index contributed by atoms with van der Waals surface area (Å²) >= 11 is 0. The second-order valence-electron chi connectivity index (χ2n) is 4.24. The molecule has 0 heterocycles. The van der Waals surface area contributed by atoms with Crippen LogP contribution >= 0.6 is 0 Å². The van der Waals surface area contributed by atoms with Gasteiger partial charge >= 0.3 is 0 Å². The third kappa shape index (κ3) is 4.48. The Morgan fingerprint density at radius 2 is 1.50 bits per heavy atom. The molecule has 0 spiro atoms. The molecule has 2 aromatic carbocycles. The van der Waals surface area contributed by atoms with Gasteiger partial charge in [-0.2, -0.15) is 0 Å². The van der Waals surface area contributed by atoms with Crippen LogP contribution in [0, 0.1) is 0 Å². The molecule has 0 amide bonds. The van der Waals surface area contributed by atoms with Gasteiger partial charge in [0.25, 0.3) is 0 Å². The van der Waals surface area contributed by atoms with Gasteiger partial charge in [-0.1, -0.05) is 12.1 Å². The predicted octanol–water partition coefficient (Wildman–Crippen LogP) is 3.00. The first-order valence-corrected chi connectivity index (χ1v) is 6.40. The average Bonchev–Trinajstić information content (AvgIpc) is 2.49. The minimum Gasteiger partial charge on any atom is -0.508 e. The molecule has 0 fully saturated rings. The van der Waals surface area contributed by atoms with E-state index < -0.39 is 0 Å². The van der Waals surface area contributed by atoms with Crippen molar-refractivity contribution in [2.45, 2.75) is 6.61 Å². The van der Waals surface area contributed by atoms with Crippen LogP contribution in [0.5, 0.6) is 17.2 Å². The van der Waals surface area contributed by atoms with E-state index in [0.717, 1.165) is 17.1 Å². The molecule has 4 nitrogen and oxygen atoms in total. The number of phenols is 1. The molecular formula is C16H18O4. The number of methoxy groups -OCH3 is 1. The molecule has 1 N–H and O–H groups in total. The second-order valence-corrected chi connectivity index (χ2v) is 4.24. The highest BCUT2D eigenvalue weighted by atomic mass is 16.5. The van der Waals surface area contributed by atoms with Crippen LogP contribution < -0.4 is 9.47 Å². The Balaban J connectivity index is 1.64. The molecule has 0 radical (unpaired) electrons. The molecule has 2 aromatic rings. The second kappa shape index (κ2) is 7.40. The summed E-state index contributed by atoms with van der Waals surface area (Å²) in [6.07, 6.45) is 0. The quantitative estimate of drug-likeness (QED) is 0.788. The van der Waals surface area contributed by atoms with Crippen molar-refractivity contribution in [2.24, 2.45) is 0 Å². The van der Waals surface area contributed by atoms with Crippen molar-refractivity contribution in [2.75, 3.05) is 20.3 Å². The molecule has 106 valence electrons. The van der Waals surface area contributed by atoms with Gasteiger partial charge in [0, 0.05) is 0 Å². The Bertz CT molecular complexity index is 505. The highest BCUT2D eigenvalue weighted by Crippen LogP contribution is 2.16. The molecule has 0 unspecified atom stereocenters. The van der Waals surface area contributed by atoms with Crippen molar-refractivity contribution in [1.29, 1.82) is 0 Å². The number of rotatable bonds is 7. The average molecular weight is 274 g/mol. The maximum atomic E-state index is 9.14. The fourth-order valence-corrected chi connectivity index (χ4v) is 1.67. The topological polar surface area (TPSA) is 47.9 Å². The standard InChI is InChI=1S/C16H18O4/c1-18-15-6-2-13(3-7-15)12-19-10-11-20-16-8-4-14(17)5-9-16/h2-9,17H,10-12H2,1H3. The van der Waals surface area contributed by atoms with Crippen molar-refractivity contribution in [1.82, 2.24) is 0 Å². The Hall–Kier alpha value is -2.20. The fourth-order valence-electron chi connectivity index (χ4n) is 1.67. The molecule has 20 heavy (non-hydrogen) atoms. The van der Waals surface area contributed by atoms with Gasteiger partial charge in [0.2, 0.25) is 0 Å². The number of aromatic hydroxyl groups is 1. The van der Waals surface area contributed by atoms with E-state index in [0.29, 0.717) is 19.8 Å². The van der Waals surface area contributed by atoms with Crippen molar-refractivity contribution in [3.8, 4) is 17.2 Å². The van der Waals surface area contributed by atoms with Gasteiger partial charge in [0.05, 0.1) is 20.3 Å². The maximum absolute atomic E-state index is 9.14. The first-order chi connectivity index (χ1) is 9.78. The van der Waals surface area contributed by atoms with Crippen LogP contribution in [0.3, 0.4) is 0 Å². The van der Waals surface area contributed by atoms with E-state index in [-0.39, 0.29) is 5.75 Å². The van der Waals surface area contributed by atoms with Gasteiger partial charge < -0.3 is 19.3 Å². The molecule has 0 saturated heterocycles. The summed E-state index contributed by atoms with van der Waals surface area (Å²) in [6.45, 7) is 1.52. The number of ether oxygens (including phenoxy) is 3. The number of phenolic OH excluding ortho intramolecular Hbond substituents is 1. The third-order valence-electron chi connectivity index (χ3n) is 2.76. The Labute approximate surface area is 118 Å². The lowest BCUT2D eigenvalue weighted by molar-refractivity contribution is 0.0889. The summed E-state index contributed by atoms with van der Waals surface area (Å²) in [5.74, 6) is 1.79. The van der Waals surface area contributed by atoms with Crippen LogP contribution in [0.25, 0.3) is 0 Å². The highest BCUT2D eigenvalue weighted by molar-refractivity contribution is 5.30. The molecule has 0 saturated carbocycles. The van der Waals surface area contributed by atoms with Crippen molar-refractivity contribution in [3.63, 3.8) is 0 Å². The fraction of sp³-hybridized carbons (Fsp3) is 0.250. The molecule has 0 aromatic heterocycles. The van der Waals surface area contributed by atoms with E-state index in [2.05, 4.69) is 0 Å². The van der Waals surface area contributed by atoms with Crippen LogP contribution in [0.4, 0.5) is 0 Å². The number of hydrogen-bond donors (Lipinski definition) is 1. The summed E-state index contributed by atoms with van der Waals surface area (Å²) in [4.78, 5) is 0.